The van der Waals surface area contributed by atoms with Crippen LogP contribution in [0.4, 0.5) is 4.79 Å². The molecule has 0 aliphatic heterocycles. The van der Waals surface area contributed by atoms with Gasteiger partial charge >= 0.3 is 12.1 Å². The Bertz CT molecular complexity index is 516. The van der Waals surface area contributed by atoms with Crippen LogP contribution in [0.3, 0.4) is 0 Å². The van der Waals surface area contributed by atoms with Crippen molar-refractivity contribution in [3.63, 3.8) is 0 Å². The van der Waals surface area contributed by atoms with E-state index in [4.69, 9.17) is 4.74 Å². The van der Waals surface area contributed by atoms with Gasteiger partial charge in [-0.05, 0) is 25.1 Å². The first-order valence-electron chi connectivity index (χ1n) is 6.50. The van der Waals surface area contributed by atoms with Crippen LogP contribution in [0, 0.1) is 0 Å². The van der Waals surface area contributed by atoms with Crippen LogP contribution in [0.1, 0.15) is 24.2 Å². The van der Waals surface area contributed by atoms with Crippen molar-refractivity contribution in [2.75, 3.05) is 19.7 Å². The number of hydrogen-bond acceptors (Lipinski definition) is 5. The molecule has 0 unspecified atom stereocenters. The van der Waals surface area contributed by atoms with Gasteiger partial charge in [-0.3, -0.25) is 9.59 Å². The highest BCUT2D eigenvalue weighted by Gasteiger charge is 2.07. The molecule has 1 aromatic carbocycles. The molecule has 0 bridgehead atoms. The van der Waals surface area contributed by atoms with Crippen molar-refractivity contribution in [3.8, 4) is 5.75 Å². The largest absolute Gasteiger partial charge is 0.450 e. The van der Waals surface area contributed by atoms with Gasteiger partial charge in [0.05, 0.1) is 6.61 Å². The summed E-state index contributed by atoms with van der Waals surface area (Å²) in [5.41, 5.74) is 0.366. The highest BCUT2D eigenvalue weighted by atomic mass is 16.5. The molecular weight excluding hydrogens is 276 g/mol. The molecule has 0 saturated carbocycles. The van der Waals surface area contributed by atoms with Crippen LogP contribution in [0.25, 0.3) is 0 Å². The van der Waals surface area contributed by atoms with Crippen molar-refractivity contribution in [2.24, 2.45) is 0 Å². The minimum absolute atomic E-state index is 0.258. The standard InChI is InChI=1S/C14H18N2O5/c1-3-20-14(19)16-8-7-15-13(18)11-5-4-6-12(9-11)21-10(2)17/h4-6,9H,3,7-8H2,1-2H3,(H,15,18)(H,16,19). The molecule has 7 nitrogen and oxygen atoms in total. The van der Waals surface area contributed by atoms with Gasteiger partial charge in [0.15, 0.2) is 0 Å². The normalized spacial score (nSPS) is 9.62. The lowest BCUT2D eigenvalue weighted by Crippen LogP contribution is -2.34. The zero-order chi connectivity index (χ0) is 15.7. The second kappa shape index (κ2) is 8.57. The maximum atomic E-state index is 11.9. The Hall–Kier alpha value is -2.57. The van der Waals surface area contributed by atoms with Crippen molar-refractivity contribution in [3.05, 3.63) is 29.8 Å². The molecule has 1 aromatic rings. The molecular formula is C14H18N2O5. The van der Waals surface area contributed by atoms with Crippen LogP contribution in [0.5, 0.6) is 5.75 Å². The second-order valence-electron chi connectivity index (χ2n) is 4.02. The number of carbonyl (C=O) groups is 3. The number of esters is 1. The van der Waals surface area contributed by atoms with E-state index in [0.29, 0.717) is 17.9 Å². The first-order chi connectivity index (χ1) is 10.0. The summed E-state index contributed by atoms with van der Waals surface area (Å²) in [7, 11) is 0. The fourth-order valence-electron chi connectivity index (χ4n) is 1.49. The number of alkyl carbamates (subject to hydrolysis) is 1. The Balaban J connectivity index is 2.41. The average Bonchev–Trinajstić information content (AvgIpc) is 2.43. The van der Waals surface area contributed by atoms with Gasteiger partial charge in [0, 0.05) is 25.6 Å². The minimum Gasteiger partial charge on any atom is -0.450 e. The van der Waals surface area contributed by atoms with Gasteiger partial charge in [-0.15, -0.1) is 0 Å². The zero-order valence-electron chi connectivity index (χ0n) is 12.0. The molecule has 0 saturated heterocycles. The van der Waals surface area contributed by atoms with E-state index < -0.39 is 12.1 Å². The van der Waals surface area contributed by atoms with E-state index in [9.17, 15) is 14.4 Å². The average molecular weight is 294 g/mol. The van der Waals surface area contributed by atoms with Crippen LogP contribution in [-0.4, -0.2) is 37.7 Å². The van der Waals surface area contributed by atoms with Crippen LogP contribution >= 0.6 is 0 Å². The summed E-state index contributed by atoms with van der Waals surface area (Å²) in [6.45, 7) is 3.80. The molecule has 0 aromatic heterocycles. The zero-order valence-corrected chi connectivity index (χ0v) is 12.0. The molecule has 0 spiro atoms. The number of benzene rings is 1. The maximum absolute atomic E-state index is 11.9. The molecule has 21 heavy (non-hydrogen) atoms. The Labute approximate surface area is 122 Å². The number of nitrogens with one attached hydrogen (secondary N) is 2. The van der Waals surface area contributed by atoms with Gasteiger partial charge in [-0.2, -0.15) is 0 Å². The third-order valence-electron chi connectivity index (χ3n) is 2.31. The molecule has 2 N–H and O–H groups in total. The van der Waals surface area contributed by atoms with Crippen LogP contribution in [-0.2, 0) is 9.53 Å². The quantitative estimate of drug-likeness (QED) is 0.465. The molecule has 0 radical (unpaired) electrons. The maximum Gasteiger partial charge on any atom is 0.407 e. The lowest BCUT2D eigenvalue weighted by molar-refractivity contribution is -0.131. The fourth-order valence-corrected chi connectivity index (χ4v) is 1.49. The third kappa shape index (κ3) is 6.42. The third-order valence-corrected chi connectivity index (χ3v) is 2.31. The van der Waals surface area contributed by atoms with Crippen LogP contribution in [0.2, 0.25) is 0 Å². The smallest absolute Gasteiger partial charge is 0.407 e. The number of ether oxygens (including phenoxy) is 2. The number of rotatable bonds is 6. The summed E-state index contributed by atoms with van der Waals surface area (Å²) in [5, 5.41) is 5.11. The van der Waals surface area contributed by atoms with Crippen molar-refractivity contribution in [1.82, 2.24) is 10.6 Å². The Kier molecular flexibility index (Phi) is 6.73. The van der Waals surface area contributed by atoms with Crippen LogP contribution in [0.15, 0.2) is 24.3 Å². The number of carbonyl (C=O) groups excluding carboxylic acids is 3. The van der Waals surface area contributed by atoms with E-state index in [1.54, 1.807) is 25.1 Å². The topological polar surface area (TPSA) is 93.7 Å². The molecule has 2 amide bonds. The van der Waals surface area contributed by atoms with E-state index in [1.165, 1.54) is 13.0 Å². The van der Waals surface area contributed by atoms with Crippen molar-refractivity contribution >= 4 is 18.0 Å². The summed E-state index contributed by atoms with van der Waals surface area (Å²) in [4.78, 5) is 33.7. The molecule has 0 atom stereocenters. The van der Waals surface area contributed by atoms with Crippen molar-refractivity contribution < 1.29 is 23.9 Å². The van der Waals surface area contributed by atoms with Gasteiger partial charge in [0.1, 0.15) is 5.75 Å². The van der Waals surface area contributed by atoms with Gasteiger partial charge in [0.25, 0.3) is 5.91 Å². The Morgan fingerprint density at radius 1 is 1.14 bits per heavy atom. The van der Waals surface area contributed by atoms with E-state index in [0.717, 1.165) is 0 Å². The lowest BCUT2D eigenvalue weighted by atomic mass is 10.2. The van der Waals surface area contributed by atoms with E-state index >= 15 is 0 Å². The summed E-state index contributed by atoms with van der Waals surface area (Å²) >= 11 is 0. The van der Waals surface area contributed by atoms with Gasteiger partial charge in [-0.25, -0.2) is 4.79 Å². The summed E-state index contributed by atoms with van der Waals surface area (Å²) < 4.78 is 9.57. The molecule has 0 aliphatic rings. The van der Waals surface area contributed by atoms with E-state index in [1.807, 2.05) is 0 Å². The molecule has 1 rings (SSSR count). The first-order valence-corrected chi connectivity index (χ1v) is 6.50. The highest BCUT2D eigenvalue weighted by Crippen LogP contribution is 2.13. The van der Waals surface area contributed by atoms with Gasteiger partial charge in [0.2, 0.25) is 0 Å². The summed E-state index contributed by atoms with van der Waals surface area (Å²) in [6.07, 6.45) is -0.524. The molecule has 7 heteroatoms. The summed E-state index contributed by atoms with van der Waals surface area (Å²) in [6, 6.07) is 6.27. The number of amides is 2. The van der Waals surface area contributed by atoms with Crippen molar-refractivity contribution in [2.45, 2.75) is 13.8 Å². The first kappa shape index (κ1) is 16.5. The lowest BCUT2D eigenvalue weighted by Gasteiger charge is -2.08. The monoisotopic (exact) mass is 294 g/mol. The minimum atomic E-state index is -0.524. The molecule has 0 aliphatic carbocycles. The fraction of sp³-hybridized carbons (Fsp3) is 0.357. The second-order valence-corrected chi connectivity index (χ2v) is 4.02. The van der Waals surface area contributed by atoms with Gasteiger partial charge < -0.3 is 20.1 Å². The van der Waals surface area contributed by atoms with E-state index in [-0.39, 0.29) is 19.0 Å². The molecule has 114 valence electrons. The Morgan fingerprint density at radius 2 is 1.86 bits per heavy atom. The predicted molar refractivity (Wildman–Crippen MR) is 75.1 cm³/mol. The highest BCUT2D eigenvalue weighted by molar-refractivity contribution is 5.94. The Morgan fingerprint density at radius 3 is 2.52 bits per heavy atom. The van der Waals surface area contributed by atoms with Crippen molar-refractivity contribution in [1.29, 1.82) is 0 Å². The molecule has 0 fully saturated rings. The predicted octanol–water partition coefficient (Wildman–Crippen LogP) is 1.09. The van der Waals surface area contributed by atoms with Crippen LogP contribution < -0.4 is 15.4 Å². The van der Waals surface area contributed by atoms with E-state index in [2.05, 4.69) is 15.4 Å². The molecule has 0 heterocycles. The SMILES string of the molecule is CCOC(=O)NCCNC(=O)c1cccc(OC(C)=O)c1. The number of hydrogen-bond donors (Lipinski definition) is 2. The van der Waals surface area contributed by atoms with Gasteiger partial charge in [-0.1, -0.05) is 6.07 Å². The summed E-state index contributed by atoms with van der Waals surface area (Å²) in [5.74, 6) is -0.472.